The lowest BCUT2D eigenvalue weighted by Gasteiger charge is -2.23. The lowest BCUT2D eigenvalue weighted by molar-refractivity contribution is 0.291. The number of nitrogens with zero attached hydrogens (tertiary/aromatic N) is 2. The predicted molar refractivity (Wildman–Crippen MR) is 46.7 cm³/mol. The lowest BCUT2D eigenvalue weighted by Crippen LogP contribution is -2.13. The molecule has 0 atom stereocenters. The molecule has 1 heterocycles. The van der Waals surface area contributed by atoms with Gasteiger partial charge in [-0.3, -0.25) is 0 Å². The minimum atomic E-state index is 0.150. The van der Waals surface area contributed by atoms with Crippen molar-refractivity contribution in [3.8, 4) is 6.07 Å². The van der Waals surface area contributed by atoms with Crippen LogP contribution < -0.4 is 5.73 Å². The van der Waals surface area contributed by atoms with Crippen molar-refractivity contribution in [2.45, 2.75) is 25.7 Å². The van der Waals surface area contributed by atoms with E-state index in [-0.39, 0.29) is 11.6 Å². The molecule has 1 aliphatic carbocycles. The van der Waals surface area contributed by atoms with Crippen molar-refractivity contribution in [2.75, 3.05) is 5.73 Å². The van der Waals surface area contributed by atoms with Gasteiger partial charge in [0.1, 0.15) is 6.07 Å². The molecule has 0 spiro atoms. The summed E-state index contributed by atoms with van der Waals surface area (Å²) in [5.74, 6) is 1.44. The summed E-state index contributed by atoms with van der Waals surface area (Å²) in [6.07, 6.45) is 4.60. The second-order valence-corrected chi connectivity index (χ2v) is 3.43. The summed E-state index contributed by atoms with van der Waals surface area (Å²) in [6, 6.07) is 1.90. The topological polar surface area (TPSA) is 75.8 Å². The summed E-state index contributed by atoms with van der Waals surface area (Å²) in [4.78, 5) is 4.00. The summed E-state index contributed by atoms with van der Waals surface area (Å²) < 4.78 is 5.16. The molecule has 1 fully saturated rings. The molecule has 0 aliphatic heterocycles. The standard InChI is InChI=1S/C9H11N3O/c10-5-7-9(11)13-8(12-7)4-6-2-1-3-6/h6H,1-4,11H2. The highest BCUT2D eigenvalue weighted by Crippen LogP contribution is 2.30. The third-order valence-electron chi connectivity index (χ3n) is 2.49. The van der Waals surface area contributed by atoms with Crippen molar-refractivity contribution in [1.82, 2.24) is 4.98 Å². The minimum absolute atomic E-state index is 0.150. The summed E-state index contributed by atoms with van der Waals surface area (Å²) in [5, 5.41) is 8.58. The van der Waals surface area contributed by atoms with Gasteiger partial charge in [-0.2, -0.15) is 5.26 Å². The van der Waals surface area contributed by atoms with Gasteiger partial charge in [-0.05, 0) is 18.8 Å². The number of hydrogen-bond acceptors (Lipinski definition) is 4. The Balaban J connectivity index is 2.08. The first-order chi connectivity index (χ1) is 6.29. The van der Waals surface area contributed by atoms with E-state index in [1.165, 1.54) is 19.3 Å². The average molecular weight is 177 g/mol. The van der Waals surface area contributed by atoms with Gasteiger partial charge >= 0.3 is 0 Å². The predicted octanol–water partition coefficient (Wildman–Crippen LogP) is 1.47. The van der Waals surface area contributed by atoms with Gasteiger partial charge in [-0.15, -0.1) is 0 Å². The first-order valence-electron chi connectivity index (χ1n) is 4.45. The van der Waals surface area contributed by atoms with Gasteiger partial charge in [0.15, 0.2) is 5.89 Å². The summed E-state index contributed by atoms with van der Waals surface area (Å²) >= 11 is 0. The van der Waals surface area contributed by atoms with Gasteiger partial charge in [0.25, 0.3) is 0 Å². The van der Waals surface area contributed by atoms with Crippen LogP contribution in [0.2, 0.25) is 0 Å². The Morgan fingerprint density at radius 2 is 2.38 bits per heavy atom. The SMILES string of the molecule is N#Cc1nc(CC2CCC2)oc1N. The molecular weight excluding hydrogens is 166 g/mol. The molecule has 1 aromatic heterocycles. The van der Waals surface area contributed by atoms with Crippen molar-refractivity contribution in [1.29, 1.82) is 5.26 Å². The van der Waals surface area contributed by atoms with Crippen molar-refractivity contribution >= 4 is 5.88 Å². The molecule has 4 heteroatoms. The highest BCUT2D eigenvalue weighted by molar-refractivity contribution is 5.40. The maximum Gasteiger partial charge on any atom is 0.229 e. The Morgan fingerprint density at radius 3 is 2.85 bits per heavy atom. The molecule has 0 amide bonds. The fraction of sp³-hybridized carbons (Fsp3) is 0.556. The Hall–Kier alpha value is -1.50. The molecular formula is C9H11N3O. The van der Waals surface area contributed by atoms with Crippen LogP contribution in [0.3, 0.4) is 0 Å². The van der Waals surface area contributed by atoms with E-state index in [0.29, 0.717) is 11.8 Å². The lowest BCUT2D eigenvalue weighted by atomic mass is 9.83. The van der Waals surface area contributed by atoms with Crippen LogP contribution in [0, 0.1) is 17.2 Å². The van der Waals surface area contributed by atoms with Crippen LogP contribution in [0.1, 0.15) is 30.8 Å². The molecule has 13 heavy (non-hydrogen) atoms. The first-order valence-corrected chi connectivity index (χ1v) is 4.45. The summed E-state index contributed by atoms with van der Waals surface area (Å²) in [7, 11) is 0. The molecule has 0 bridgehead atoms. The molecule has 2 rings (SSSR count). The van der Waals surface area contributed by atoms with Crippen molar-refractivity contribution < 1.29 is 4.42 Å². The van der Waals surface area contributed by atoms with Crippen molar-refractivity contribution in [2.24, 2.45) is 5.92 Å². The van der Waals surface area contributed by atoms with E-state index in [0.717, 1.165) is 6.42 Å². The van der Waals surface area contributed by atoms with Crippen molar-refractivity contribution in [3.63, 3.8) is 0 Å². The highest BCUT2D eigenvalue weighted by atomic mass is 16.4. The van der Waals surface area contributed by atoms with Gasteiger partial charge in [0.2, 0.25) is 11.6 Å². The van der Waals surface area contributed by atoms with E-state index >= 15 is 0 Å². The van der Waals surface area contributed by atoms with Crippen LogP contribution in [-0.4, -0.2) is 4.98 Å². The Kier molecular flexibility index (Phi) is 1.93. The summed E-state index contributed by atoms with van der Waals surface area (Å²) in [5.41, 5.74) is 5.65. The molecule has 68 valence electrons. The number of anilines is 1. The quantitative estimate of drug-likeness (QED) is 0.742. The van der Waals surface area contributed by atoms with E-state index in [2.05, 4.69) is 4.98 Å². The first kappa shape index (κ1) is 8.11. The van der Waals surface area contributed by atoms with Crippen LogP contribution in [0.25, 0.3) is 0 Å². The third kappa shape index (κ3) is 1.50. The van der Waals surface area contributed by atoms with E-state index < -0.39 is 0 Å². The van der Waals surface area contributed by atoms with Crippen LogP contribution in [0.4, 0.5) is 5.88 Å². The normalized spacial score (nSPS) is 16.5. The van der Waals surface area contributed by atoms with E-state index in [4.69, 9.17) is 15.4 Å². The fourth-order valence-corrected chi connectivity index (χ4v) is 1.49. The largest absolute Gasteiger partial charge is 0.424 e. The van der Waals surface area contributed by atoms with Crippen molar-refractivity contribution in [3.05, 3.63) is 11.6 Å². The number of rotatable bonds is 2. The molecule has 1 saturated carbocycles. The number of hydrogen-bond donors (Lipinski definition) is 1. The van der Waals surface area contributed by atoms with Crippen LogP contribution >= 0.6 is 0 Å². The molecule has 1 aromatic rings. The van der Waals surface area contributed by atoms with Gasteiger partial charge in [-0.1, -0.05) is 6.42 Å². The van der Waals surface area contributed by atoms with Crippen LogP contribution in [0.5, 0.6) is 0 Å². The minimum Gasteiger partial charge on any atom is -0.424 e. The Labute approximate surface area is 76.4 Å². The monoisotopic (exact) mass is 177 g/mol. The van der Waals surface area contributed by atoms with E-state index in [1.54, 1.807) is 0 Å². The second-order valence-electron chi connectivity index (χ2n) is 3.43. The molecule has 1 aliphatic rings. The Morgan fingerprint density at radius 1 is 1.62 bits per heavy atom. The summed E-state index contributed by atoms with van der Waals surface area (Å²) in [6.45, 7) is 0. The maximum absolute atomic E-state index is 8.58. The van der Waals surface area contributed by atoms with Crippen LogP contribution in [-0.2, 0) is 6.42 Å². The average Bonchev–Trinajstić information content (AvgIpc) is 2.39. The molecule has 0 aromatic carbocycles. The number of nitrogen functional groups attached to an aromatic ring is 1. The smallest absolute Gasteiger partial charge is 0.229 e. The zero-order valence-corrected chi connectivity index (χ0v) is 7.29. The molecule has 4 nitrogen and oxygen atoms in total. The van der Waals surface area contributed by atoms with Gasteiger partial charge in [-0.25, -0.2) is 4.98 Å². The number of oxazole rings is 1. The molecule has 0 saturated heterocycles. The van der Waals surface area contributed by atoms with Gasteiger partial charge < -0.3 is 10.2 Å². The Bertz CT molecular complexity index is 346. The number of nitriles is 1. The zero-order chi connectivity index (χ0) is 9.26. The molecule has 0 radical (unpaired) electrons. The number of nitrogens with two attached hydrogens (primary N) is 1. The van der Waals surface area contributed by atoms with Gasteiger partial charge in [0.05, 0.1) is 0 Å². The number of aromatic nitrogens is 1. The maximum atomic E-state index is 8.58. The van der Waals surface area contributed by atoms with E-state index in [1.807, 2.05) is 6.07 Å². The van der Waals surface area contributed by atoms with E-state index in [9.17, 15) is 0 Å². The second kappa shape index (κ2) is 3.09. The molecule has 2 N–H and O–H groups in total. The highest BCUT2D eigenvalue weighted by Gasteiger charge is 2.21. The fourth-order valence-electron chi connectivity index (χ4n) is 1.49. The van der Waals surface area contributed by atoms with Gasteiger partial charge in [0, 0.05) is 6.42 Å². The third-order valence-corrected chi connectivity index (χ3v) is 2.49. The molecule has 0 unspecified atom stereocenters. The van der Waals surface area contributed by atoms with Crippen LogP contribution in [0.15, 0.2) is 4.42 Å². The zero-order valence-electron chi connectivity index (χ0n) is 7.29.